The summed E-state index contributed by atoms with van der Waals surface area (Å²) >= 11 is 0. The van der Waals surface area contributed by atoms with E-state index in [0.29, 0.717) is 25.3 Å². The lowest BCUT2D eigenvalue weighted by molar-refractivity contribution is -0.183. The average molecular weight is 375 g/mol. The molecule has 0 amide bonds. The number of halogens is 4. The molecule has 0 heterocycles. The zero-order valence-corrected chi connectivity index (χ0v) is 14.7. The first-order valence-electron chi connectivity index (χ1n) is 8.85. The minimum absolute atomic E-state index is 0.00375. The van der Waals surface area contributed by atoms with Crippen LogP contribution < -0.4 is 10.6 Å². The molecule has 3 unspecified atom stereocenters. The van der Waals surface area contributed by atoms with Gasteiger partial charge < -0.3 is 15.7 Å². The molecule has 3 N–H and O–H groups in total. The van der Waals surface area contributed by atoms with E-state index in [2.05, 4.69) is 15.6 Å². The van der Waals surface area contributed by atoms with Crippen LogP contribution in [0.4, 0.5) is 17.6 Å². The summed E-state index contributed by atoms with van der Waals surface area (Å²) in [5.41, 5.74) is 0.141. The molecule has 0 bridgehead atoms. The Kier molecular flexibility index (Phi) is 7.25. The summed E-state index contributed by atoms with van der Waals surface area (Å²) in [6.45, 7) is 2.27. The predicted molar refractivity (Wildman–Crippen MR) is 92.3 cm³/mol. The van der Waals surface area contributed by atoms with Gasteiger partial charge in [0.1, 0.15) is 11.9 Å². The van der Waals surface area contributed by atoms with E-state index in [1.54, 1.807) is 6.07 Å². The number of aliphatic imine (C=N–C) groups is 1. The van der Waals surface area contributed by atoms with Crippen molar-refractivity contribution in [2.75, 3.05) is 13.1 Å². The summed E-state index contributed by atoms with van der Waals surface area (Å²) in [4.78, 5) is 4.21. The number of hydrogen-bond donors (Lipinski definition) is 3. The Balaban J connectivity index is 1.99. The molecule has 0 saturated heterocycles. The highest BCUT2D eigenvalue weighted by molar-refractivity contribution is 5.80. The van der Waals surface area contributed by atoms with Gasteiger partial charge in [0.25, 0.3) is 0 Å². The molecule has 1 aliphatic carbocycles. The quantitative estimate of drug-likeness (QED) is 0.419. The number of rotatable bonds is 5. The number of guanidine groups is 1. The molecule has 8 heteroatoms. The van der Waals surface area contributed by atoms with Gasteiger partial charge in [-0.2, -0.15) is 13.2 Å². The fraction of sp³-hybridized carbons (Fsp3) is 0.611. The van der Waals surface area contributed by atoms with Crippen molar-refractivity contribution in [3.05, 3.63) is 35.6 Å². The van der Waals surface area contributed by atoms with Crippen LogP contribution >= 0.6 is 0 Å². The van der Waals surface area contributed by atoms with Crippen LogP contribution in [0.1, 0.15) is 44.3 Å². The highest BCUT2D eigenvalue weighted by Gasteiger charge is 2.42. The lowest BCUT2D eigenvalue weighted by Crippen LogP contribution is -2.47. The van der Waals surface area contributed by atoms with E-state index < -0.39 is 24.0 Å². The molecule has 1 fully saturated rings. The van der Waals surface area contributed by atoms with E-state index in [9.17, 15) is 22.7 Å². The summed E-state index contributed by atoms with van der Waals surface area (Å²) in [5.74, 6) is -1.50. The minimum Gasteiger partial charge on any atom is -0.386 e. The lowest BCUT2D eigenvalue weighted by atomic mass is 9.85. The Morgan fingerprint density at radius 3 is 2.69 bits per heavy atom. The molecule has 2 rings (SSSR count). The van der Waals surface area contributed by atoms with Crippen molar-refractivity contribution >= 4 is 5.96 Å². The molecular formula is C18H25F4N3O. The fourth-order valence-electron chi connectivity index (χ4n) is 3.15. The largest absolute Gasteiger partial charge is 0.391 e. The Morgan fingerprint density at radius 1 is 1.31 bits per heavy atom. The molecule has 0 radical (unpaired) electrons. The molecule has 146 valence electrons. The summed E-state index contributed by atoms with van der Waals surface area (Å²) in [5, 5.41) is 16.1. The smallest absolute Gasteiger partial charge is 0.386 e. The maximum absolute atomic E-state index is 13.7. The Bertz CT molecular complexity index is 606. The summed E-state index contributed by atoms with van der Waals surface area (Å²) in [6.07, 6.45) is -4.02. The Morgan fingerprint density at radius 2 is 2.04 bits per heavy atom. The average Bonchev–Trinajstić information content (AvgIpc) is 2.59. The second-order valence-electron chi connectivity index (χ2n) is 6.50. The molecule has 0 spiro atoms. The molecule has 1 aromatic rings. The van der Waals surface area contributed by atoms with Crippen molar-refractivity contribution in [2.24, 2.45) is 10.9 Å². The number of aliphatic hydroxyl groups is 1. The SMILES string of the molecule is CCNC(=NCC(O)c1ccccc1F)NC1CCCC(C(F)(F)F)C1. The van der Waals surface area contributed by atoms with Crippen LogP contribution in [0, 0.1) is 11.7 Å². The zero-order valence-electron chi connectivity index (χ0n) is 14.7. The van der Waals surface area contributed by atoms with Gasteiger partial charge in [-0.25, -0.2) is 4.39 Å². The van der Waals surface area contributed by atoms with Gasteiger partial charge in [-0.1, -0.05) is 24.6 Å². The van der Waals surface area contributed by atoms with E-state index in [4.69, 9.17) is 0 Å². The number of nitrogens with one attached hydrogen (secondary N) is 2. The third kappa shape index (κ3) is 5.86. The third-order valence-electron chi connectivity index (χ3n) is 4.51. The maximum atomic E-state index is 13.7. The van der Waals surface area contributed by atoms with E-state index in [0.717, 1.165) is 0 Å². The predicted octanol–water partition coefficient (Wildman–Crippen LogP) is 3.54. The van der Waals surface area contributed by atoms with Crippen LogP contribution in [0.15, 0.2) is 29.3 Å². The maximum Gasteiger partial charge on any atom is 0.391 e. The van der Waals surface area contributed by atoms with Crippen molar-refractivity contribution in [3.63, 3.8) is 0 Å². The van der Waals surface area contributed by atoms with E-state index in [1.165, 1.54) is 18.2 Å². The number of hydrogen-bond acceptors (Lipinski definition) is 2. The second-order valence-corrected chi connectivity index (χ2v) is 6.50. The molecule has 0 aliphatic heterocycles. The van der Waals surface area contributed by atoms with Gasteiger partial charge in [0, 0.05) is 18.2 Å². The summed E-state index contributed by atoms with van der Waals surface area (Å²) in [6, 6.07) is 5.55. The minimum atomic E-state index is -4.18. The van der Waals surface area contributed by atoms with Gasteiger partial charge in [-0.15, -0.1) is 0 Å². The van der Waals surface area contributed by atoms with Gasteiger partial charge in [0.15, 0.2) is 5.96 Å². The number of alkyl halides is 3. The van der Waals surface area contributed by atoms with Crippen molar-refractivity contribution in [2.45, 2.75) is 50.9 Å². The molecule has 1 saturated carbocycles. The second kappa shape index (κ2) is 9.21. The molecule has 1 aromatic carbocycles. The first-order chi connectivity index (χ1) is 12.3. The van der Waals surface area contributed by atoms with Crippen LogP contribution in [0.3, 0.4) is 0 Å². The monoisotopic (exact) mass is 375 g/mol. The number of benzene rings is 1. The fourth-order valence-corrected chi connectivity index (χ4v) is 3.15. The van der Waals surface area contributed by atoms with Crippen LogP contribution in [0.25, 0.3) is 0 Å². The number of nitrogens with zero attached hydrogens (tertiary/aromatic N) is 1. The normalized spacial score (nSPS) is 22.8. The highest BCUT2D eigenvalue weighted by Crippen LogP contribution is 2.37. The molecular weight excluding hydrogens is 350 g/mol. The van der Waals surface area contributed by atoms with E-state index in [-0.39, 0.29) is 31.0 Å². The highest BCUT2D eigenvalue weighted by atomic mass is 19.4. The lowest BCUT2D eigenvalue weighted by Gasteiger charge is -2.32. The summed E-state index contributed by atoms with van der Waals surface area (Å²) < 4.78 is 52.5. The van der Waals surface area contributed by atoms with Crippen molar-refractivity contribution in [3.8, 4) is 0 Å². The van der Waals surface area contributed by atoms with Gasteiger partial charge in [0.05, 0.1) is 12.5 Å². The van der Waals surface area contributed by atoms with Crippen LogP contribution in [-0.2, 0) is 0 Å². The molecule has 26 heavy (non-hydrogen) atoms. The van der Waals surface area contributed by atoms with Gasteiger partial charge >= 0.3 is 6.18 Å². The summed E-state index contributed by atoms with van der Waals surface area (Å²) in [7, 11) is 0. The van der Waals surface area contributed by atoms with Crippen LogP contribution in [0.5, 0.6) is 0 Å². The van der Waals surface area contributed by atoms with Crippen molar-refractivity contribution in [1.82, 2.24) is 10.6 Å². The molecule has 3 atom stereocenters. The first kappa shape index (κ1) is 20.5. The first-order valence-corrected chi connectivity index (χ1v) is 8.85. The molecule has 0 aromatic heterocycles. The molecule has 1 aliphatic rings. The molecule has 4 nitrogen and oxygen atoms in total. The third-order valence-corrected chi connectivity index (χ3v) is 4.51. The van der Waals surface area contributed by atoms with Crippen molar-refractivity contribution in [1.29, 1.82) is 0 Å². The Hall–Kier alpha value is -1.83. The zero-order chi connectivity index (χ0) is 19.2. The van der Waals surface area contributed by atoms with Gasteiger partial charge in [0.2, 0.25) is 0 Å². The van der Waals surface area contributed by atoms with E-state index >= 15 is 0 Å². The van der Waals surface area contributed by atoms with Gasteiger partial charge in [-0.05, 0) is 32.3 Å². The van der Waals surface area contributed by atoms with Gasteiger partial charge in [-0.3, -0.25) is 4.99 Å². The number of aliphatic hydroxyl groups excluding tert-OH is 1. The topological polar surface area (TPSA) is 56.7 Å². The van der Waals surface area contributed by atoms with Crippen LogP contribution in [0.2, 0.25) is 0 Å². The van der Waals surface area contributed by atoms with Crippen LogP contribution in [-0.4, -0.2) is 36.4 Å². The standard InChI is InChI=1S/C18H25F4N3O/c1-2-23-17(24-11-16(26)14-8-3-4-9-15(14)19)25-13-7-5-6-12(10-13)18(20,21)22/h3-4,8-9,12-13,16,26H,2,5-7,10-11H2,1H3,(H2,23,24,25). The Labute approximate surface area is 150 Å². The van der Waals surface area contributed by atoms with E-state index in [1.807, 2.05) is 6.92 Å². The van der Waals surface area contributed by atoms with Crippen molar-refractivity contribution < 1.29 is 22.7 Å².